The number of piperazine rings is 1. The minimum Gasteiger partial charge on any atom is -0.343 e. The van der Waals surface area contributed by atoms with Crippen LogP contribution in [0.25, 0.3) is 0 Å². The summed E-state index contributed by atoms with van der Waals surface area (Å²) >= 11 is 3.79. The second-order valence-electron chi connectivity index (χ2n) is 9.70. The minimum atomic E-state index is 0.149. The third-order valence-electron chi connectivity index (χ3n) is 7.22. The summed E-state index contributed by atoms with van der Waals surface area (Å²) in [5.74, 6) is 2.41. The number of hydrogen-bond donors (Lipinski definition) is 0. The number of carbonyl (C=O) groups is 2. The molecule has 5 nitrogen and oxygen atoms in total. The molecule has 0 saturated carbocycles. The van der Waals surface area contributed by atoms with Crippen LogP contribution in [0.5, 0.6) is 0 Å². The van der Waals surface area contributed by atoms with E-state index in [-0.39, 0.29) is 18.0 Å². The normalized spacial score (nSPS) is 24.2. The Hall–Kier alpha value is -1.18. The lowest BCUT2D eigenvalue weighted by molar-refractivity contribution is -0.139. The van der Waals surface area contributed by atoms with Crippen LogP contribution in [0, 0.1) is 11.8 Å². The van der Waals surface area contributed by atoms with E-state index in [1.165, 1.54) is 9.81 Å². The Morgan fingerprint density at radius 1 is 1.24 bits per heavy atom. The average Bonchev–Trinajstić information content (AvgIpc) is 3.33. The zero-order valence-electron chi connectivity index (χ0n) is 20.8. The molecule has 0 radical (unpaired) electrons. The van der Waals surface area contributed by atoms with Gasteiger partial charge in [-0.25, -0.2) is 0 Å². The second-order valence-corrected chi connectivity index (χ2v) is 11.8. The summed E-state index contributed by atoms with van der Waals surface area (Å²) in [5.41, 5.74) is 0. The van der Waals surface area contributed by atoms with E-state index in [4.69, 9.17) is 0 Å². The number of amides is 2. The van der Waals surface area contributed by atoms with Crippen LogP contribution in [0.2, 0.25) is 0 Å². The van der Waals surface area contributed by atoms with Gasteiger partial charge in [-0.2, -0.15) is 0 Å². The van der Waals surface area contributed by atoms with Gasteiger partial charge in [0.15, 0.2) is 0 Å². The predicted molar refractivity (Wildman–Crippen MR) is 142 cm³/mol. The van der Waals surface area contributed by atoms with Gasteiger partial charge in [0, 0.05) is 67.7 Å². The Bertz CT molecular complexity index is 771. The number of likely N-dealkylation sites (tertiary alicyclic amines) is 1. The third kappa shape index (κ3) is 6.70. The molecule has 0 aromatic rings. The number of piperidine rings is 1. The fraction of sp³-hybridized carbons (Fsp3) is 0.692. The van der Waals surface area contributed by atoms with Crippen LogP contribution >= 0.6 is 23.5 Å². The van der Waals surface area contributed by atoms with E-state index in [9.17, 15) is 9.59 Å². The molecular weight excluding hydrogens is 450 g/mol. The van der Waals surface area contributed by atoms with Gasteiger partial charge in [-0.15, -0.1) is 23.5 Å². The van der Waals surface area contributed by atoms with Crippen LogP contribution in [0.15, 0.2) is 34.6 Å². The summed E-state index contributed by atoms with van der Waals surface area (Å²) in [6, 6.07) is 0.504. The first-order valence-corrected chi connectivity index (χ1v) is 14.5. The van der Waals surface area contributed by atoms with Gasteiger partial charge < -0.3 is 9.80 Å². The molecule has 2 fully saturated rings. The van der Waals surface area contributed by atoms with Crippen LogP contribution in [-0.2, 0) is 9.59 Å². The van der Waals surface area contributed by atoms with Gasteiger partial charge in [0.1, 0.15) is 0 Å². The molecule has 0 spiro atoms. The van der Waals surface area contributed by atoms with E-state index in [0.29, 0.717) is 24.2 Å². The Balaban J connectivity index is 1.69. The molecule has 184 valence electrons. The number of carbonyl (C=O) groups excluding carboxylic acids is 2. The zero-order valence-corrected chi connectivity index (χ0v) is 22.4. The van der Waals surface area contributed by atoms with Crippen molar-refractivity contribution in [3.63, 3.8) is 0 Å². The molecule has 2 saturated heterocycles. The van der Waals surface area contributed by atoms with Crippen molar-refractivity contribution in [2.24, 2.45) is 11.8 Å². The highest BCUT2D eigenvalue weighted by Gasteiger charge is 2.38. The van der Waals surface area contributed by atoms with E-state index in [1.807, 2.05) is 34.5 Å². The van der Waals surface area contributed by atoms with Gasteiger partial charge >= 0.3 is 0 Å². The first kappa shape index (κ1) is 26.4. The summed E-state index contributed by atoms with van der Waals surface area (Å²) < 4.78 is 0. The lowest BCUT2D eigenvalue weighted by Gasteiger charge is -2.47. The molecule has 7 heteroatoms. The molecule has 33 heavy (non-hydrogen) atoms. The largest absolute Gasteiger partial charge is 0.343 e. The molecule has 0 aliphatic carbocycles. The van der Waals surface area contributed by atoms with Crippen molar-refractivity contribution in [2.45, 2.75) is 58.5 Å². The van der Waals surface area contributed by atoms with E-state index < -0.39 is 0 Å². The zero-order chi connectivity index (χ0) is 24.0. The van der Waals surface area contributed by atoms with Crippen LogP contribution in [-0.4, -0.2) is 83.3 Å². The molecule has 3 aliphatic heterocycles. The van der Waals surface area contributed by atoms with Gasteiger partial charge in [-0.05, 0) is 37.4 Å². The monoisotopic (exact) mass is 491 g/mol. The fourth-order valence-electron chi connectivity index (χ4n) is 5.28. The Kier molecular flexibility index (Phi) is 10.0. The Labute approximate surface area is 209 Å². The summed E-state index contributed by atoms with van der Waals surface area (Å²) in [6.45, 7) is 14.2. The maximum Gasteiger partial charge on any atom is 0.223 e. The quantitative estimate of drug-likeness (QED) is 0.463. The molecule has 0 aromatic carbocycles. The molecule has 2 atom stereocenters. The average molecular weight is 492 g/mol. The van der Waals surface area contributed by atoms with E-state index in [1.54, 1.807) is 6.92 Å². The highest BCUT2D eigenvalue weighted by molar-refractivity contribution is 8.04. The third-order valence-corrected chi connectivity index (χ3v) is 9.21. The first-order valence-electron chi connectivity index (χ1n) is 12.3. The van der Waals surface area contributed by atoms with E-state index >= 15 is 0 Å². The number of allylic oxidation sites excluding steroid dienone is 3. The molecule has 3 rings (SSSR count). The fourth-order valence-corrected chi connectivity index (χ4v) is 7.22. The van der Waals surface area contributed by atoms with Crippen molar-refractivity contribution in [1.29, 1.82) is 0 Å². The van der Waals surface area contributed by atoms with Crippen LogP contribution in [0.3, 0.4) is 0 Å². The number of nitrogens with zero attached hydrogens (tertiary/aromatic N) is 3. The van der Waals surface area contributed by atoms with Gasteiger partial charge in [0.25, 0.3) is 0 Å². The first-order chi connectivity index (χ1) is 15.8. The topological polar surface area (TPSA) is 43.9 Å². The number of thioether (sulfide) groups is 2. The lowest BCUT2D eigenvalue weighted by Crippen LogP contribution is -2.59. The Morgan fingerprint density at radius 2 is 1.97 bits per heavy atom. The predicted octanol–water partition coefficient (Wildman–Crippen LogP) is 4.63. The SMILES string of the molecule is C=C/C=C(\SC)C(C1=CCCS1)N1CCN(C(=O)CC2CCN(C(C)=O)CC2)[C@@H](C(C)C)C1. The van der Waals surface area contributed by atoms with Crippen molar-refractivity contribution in [3.05, 3.63) is 34.6 Å². The molecule has 3 aliphatic rings. The van der Waals surface area contributed by atoms with E-state index in [0.717, 1.165) is 57.7 Å². The van der Waals surface area contributed by atoms with Crippen molar-refractivity contribution in [2.75, 3.05) is 44.7 Å². The van der Waals surface area contributed by atoms with Crippen LogP contribution in [0.4, 0.5) is 0 Å². The Morgan fingerprint density at radius 3 is 2.52 bits per heavy atom. The molecular formula is C26H41N3O2S2. The maximum absolute atomic E-state index is 13.4. The summed E-state index contributed by atoms with van der Waals surface area (Å²) in [7, 11) is 0. The van der Waals surface area contributed by atoms with Gasteiger partial charge in [-0.1, -0.05) is 38.7 Å². The number of hydrogen-bond acceptors (Lipinski definition) is 5. The van der Waals surface area contributed by atoms with Crippen molar-refractivity contribution in [1.82, 2.24) is 14.7 Å². The molecule has 0 bridgehead atoms. The second kappa shape index (κ2) is 12.5. The molecule has 3 heterocycles. The van der Waals surface area contributed by atoms with Gasteiger partial charge in [-0.3, -0.25) is 14.5 Å². The van der Waals surface area contributed by atoms with E-state index in [2.05, 4.69) is 48.6 Å². The maximum atomic E-state index is 13.4. The van der Waals surface area contributed by atoms with Crippen molar-refractivity contribution in [3.8, 4) is 0 Å². The molecule has 2 amide bonds. The van der Waals surface area contributed by atoms with Gasteiger partial charge in [0.2, 0.25) is 11.8 Å². The lowest BCUT2D eigenvalue weighted by atomic mass is 9.91. The summed E-state index contributed by atoms with van der Waals surface area (Å²) in [6.07, 6.45) is 12.2. The molecule has 0 N–H and O–H groups in total. The van der Waals surface area contributed by atoms with Crippen molar-refractivity contribution >= 4 is 35.3 Å². The molecule has 1 unspecified atom stereocenters. The highest BCUT2D eigenvalue weighted by Crippen LogP contribution is 2.38. The summed E-state index contributed by atoms with van der Waals surface area (Å²) in [5, 5.41) is 0. The number of rotatable bonds is 8. The van der Waals surface area contributed by atoms with Crippen LogP contribution < -0.4 is 0 Å². The van der Waals surface area contributed by atoms with Crippen molar-refractivity contribution < 1.29 is 9.59 Å². The smallest absolute Gasteiger partial charge is 0.223 e. The standard InChI is InChI=1S/C26H41N3O2S2/c1-6-8-23(32-5)26(24-9-7-16-33-24)28-14-15-29(22(18-28)19(2)3)25(31)17-21-10-12-27(13-11-21)20(4)30/h6,8-9,19,21-22,26H,1,7,10-18H2,2-5H3/b23-8-/t22-,26?/m1/s1. The minimum absolute atomic E-state index is 0.149. The van der Waals surface area contributed by atoms with Crippen LogP contribution in [0.1, 0.15) is 46.5 Å². The van der Waals surface area contributed by atoms with Gasteiger partial charge in [0.05, 0.1) is 6.04 Å². The molecule has 0 aromatic heterocycles. The summed E-state index contributed by atoms with van der Waals surface area (Å²) in [4.78, 5) is 34.5. The highest BCUT2D eigenvalue weighted by atomic mass is 32.2.